The number of carbonyl (C=O) groups is 3. The number of urea groups is 1. The molecule has 2 aliphatic rings. The van der Waals surface area contributed by atoms with Crippen LogP contribution < -0.4 is 25.4 Å². The zero-order valence-electron chi connectivity index (χ0n) is 25.1. The summed E-state index contributed by atoms with van der Waals surface area (Å²) in [5.41, 5.74) is 4.13. The number of ether oxygens (including phenoxy) is 2. The van der Waals surface area contributed by atoms with E-state index >= 15 is 0 Å². The zero-order chi connectivity index (χ0) is 30.7. The highest BCUT2D eigenvalue weighted by molar-refractivity contribution is 6.08. The zero-order valence-corrected chi connectivity index (χ0v) is 25.1. The Morgan fingerprint density at radius 2 is 1.44 bits per heavy atom. The number of rotatable bonds is 7. The van der Waals surface area contributed by atoms with Gasteiger partial charge in [-0.25, -0.2) is 9.59 Å². The molecule has 226 valence electrons. The molecule has 5 rings (SSSR count). The van der Waals surface area contributed by atoms with Gasteiger partial charge in [0.05, 0.1) is 11.3 Å². The van der Waals surface area contributed by atoms with Crippen molar-refractivity contribution in [2.24, 2.45) is 5.92 Å². The first-order valence-electron chi connectivity index (χ1n) is 14.8. The van der Waals surface area contributed by atoms with E-state index in [0.29, 0.717) is 30.4 Å². The van der Waals surface area contributed by atoms with Crippen molar-refractivity contribution in [1.29, 1.82) is 0 Å². The average Bonchev–Trinajstić information content (AvgIpc) is 2.99. The van der Waals surface area contributed by atoms with Gasteiger partial charge in [-0.3, -0.25) is 4.79 Å². The summed E-state index contributed by atoms with van der Waals surface area (Å²) in [6.07, 6.45) is 4.38. The summed E-state index contributed by atoms with van der Waals surface area (Å²) < 4.78 is 11.4. The molecule has 1 saturated carbocycles. The summed E-state index contributed by atoms with van der Waals surface area (Å²) in [6, 6.07) is 14.1. The lowest BCUT2D eigenvalue weighted by molar-refractivity contribution is -0.146. The molecule has 1 fully saturated rings. The van der Waals surface area contributed by atoms with Crippen LogP contribution in [0.5, 0.6) is 11.5 Å². The fourth-order valence-corrected chi connectivity index (χ4v) is 6.21. The van der Waals surface area contributed by atoms with Crippen molar-refractivity contribution in [3.63, 3.8) is 0 Å². The van der Waals surface area contributed by atoms with Crippen LogP contribution in [0, 0.1) is 26.7 Å². The van der Waals surface area contributed by atoms with Gasteiger partial charge in [-0.15, -0.1) is 0 Å². The number of aryl methyl sites for hydroxylation is 3. The molecule has 43 heavy (non-hydrogen) atoms. The van der Waals surface area contributed by atoms with Crippen molar-refractivity contribution in [3.05, 3.63) is 70.8 Å². The molecule has 3 aromatic rings. The lowest BCUT2D eigenvalue weighted by Crippen LogP contribution is -2.57. The number of aliphatic carboxylic acids is 1. The SMILES string of the molecule is Cc1cc(C)c(NC(=O)Nc2cc(-c3ccc4c(c3)OCCO4)ccc2C(=O)N[C@](C)(C(=O)O)C2CCCCC2)c(C)c1. The van der Waals surface area contributed by atoms with Crippen LogP contribution in [0.2, 0.25) is 0 Å². The van der Waals surface area contributed by atoms with Crippen molar-refractivity contribution < 1.29 is 29.0 Å². The highest BCUT2D eigenvalue weighted by atomic mass is 16.6. The fraction of sp³-hybridized carbons (Fsp3) is 0.382. The van der Waals surface area contributed by atoms with Crippen LogP contribution in [-0.2, 0) is 4.79 Å². The number of amides is 3. The Morgan fingerprint density at radius 3 is 2.12 bits per heavy atom. The topological polar surface area (TPSA) is 126 Å². The quantitative estimate of drug-likeness (QED) is 0.240. The first-order valence-corrected chi connectivity index (χ1v) is 14.8. The lowest BCUT2D eigenvalue weighted by atomic mass is 9.75. The second-order valence-electron chi connectivity index (χ2n) is 11.8. The van der Waals surface area contributed by atoms with Crippen molar-refractivity contribution in [1.82, 2.24) is 5.32 Å². The molecule has 1 atom stereocenters. The van der Waals surface area contributed by atoms with E-state index in [1.807, 2.05) is 51.1 Å². The Labute approximate surface area is 252 Å². The van der Waals surface area contributed by atoms with Crippen molar-refractivity contribution >= 4 is 29.3 Å². The van der Waals surface area contributed by atoms with E-state index in [1.54, 1.807) is 25.1 Å². The summed E-state index contributed by atoms with van der Waals surface area (Å²) in [5, 5.41) is 18.8. The number of fused-ring (bicyclic) bond motifs is 1. The van der Waals surface area contributed by atoms with Gasteiger partial charge in [0.1, 0.15) is 18.8 Å². The molecule has 3 amide bonds. The van der Waals surface area contributed by atoms with E-state index < -0.39 is 23.4 Å². The molecule has 0 unspecified atom stereocenters. The maximum Gasteiger partial charge on any atom is 0.329 e. The van der Waals surface area contributed by atoms with Crippen LogP contribution in [0.1, 0.15) is 66.1 Å². The largest absolute Gasteiger partial charge is 0.486 e. The first kappa shape index (κ1) is 29.9. The average molecular weight is 586 g/mol. The van der Waals surface area contributed by atoms with Crippen LogP contribution in [0.4, 0.5) is 16.2 Å². The Kier molecular flexibility index (Phi) is 8.62. The van der Waals surface area contributed by atoms with E-state index in [4.69, 9.17) is 9.47 Å². The van der Waals surface area contributed by atoms with Crippen molar-refractivity contribution in [2.75, 3.05) is 23.8 Å². The third-order valence-corrected chi connectivity index (χ3v) is 8.54. The molecule has 0 radical (unpaired) electrons. The van der Waals surface area contributed by atoms with Gasteiger partial charge in [-0.05, 0) is 93.0 Å². The van der Waals surface area contributed by atoms with E-state index in [2.05, 4.69) is 16.0 Å². The van der Waals surface area contributed by atoms with Crippen LogP contribution in [0.15, 0.2) is 48.5 Å². The molecule has 0 saturated heterocycles. The maximum absolute atomic E-state index is 13.8. The van der Waals surface area contributed by atoms with Crippen LogP contribution in [0.3, 0.4) is 0 Å². The minimum absolute atomic E-state index is 0.164. The smallest absolute Gasteiger partial charge is 0.329 e. The summed E-state index contributed by atoms with van der Waals surface area (Å²) in [7, 11) is 0. The molecule has 0 bridgehead atoms. The Balaban J connectivity index is 1.48. The summed E-state index contributed by atoms with van der Waals surface area (Å²) in [5.74, 6) is -0.552. The van der Waals surface area contributed by atoms with Gasteiger partial charge in [-0.2, -0.15) is 0 Å². The molecule has 1 aliphatic heterocycles. The molecule has 1 aliphatic carbocycles. The molecule has 1 heterocycles. The Morgan fingerprint density at radius 1 is 0.814 bits per heavy atom. The van der Waals surface area contributed by atoms with Gasteiger partial charge in [0, 0.05) is 5.69 Å². The third-order valence-electron chi connectivity index (χ3n) is 8.54. The molecule has 3 aromatic carbocycles. The molecular weight excluding hydrogens is 546 g/mol. The normalized spacial score (nSPS) is 16.1. The summed E-state index contributed by atoms with van der Waals surface area (Å²) in [4.78, 5) is 39.6. The number of anilines is 2. The maximum atomic E-state index is 13.8. The second-order valence-corrected chi connectivity index (χ2v) is 11.8. The predicted octanol–water partition coefficient (Wildman–Crippen LogP) is 6.85. The minimum atomic E-state index is -1.44. The third kappa shape index (κ3) is 6.45. The standard InChI is InChI=1S/C34H39N3O6/c1-20-16-21(2)30(22(3)17-20)36-33(41)35-27-18-23(24-11-13-28-29(19-24)43-15-14-42-28)10-12-26(27)31(38)37-34(4,32(39)40)25-8-6-5-7-9-25/h10-13,16-19,25H,5-9,14-15H2,1-4H3,(H,37,38)(H,39,40)(H2,35,36,41)/t34-/m0/s1. The van der Waals surface area contributed by atoms with Crippen molar-refractivity contribution in [3.8, 4) is 22.6 Å². The van der Waals surface area contributed by atoms with Gasteiger partial charge >= 0.3 is 12.0 Å². The number of hydrogen-bond acceptors (Lipinski definition) is 5. The lowest BCUT2D eigenvalue weighted by Gasteiger charge is -2.37. The van der Waals surface area contributed by atoms with E-state index in [9.17, 15) is 19.5 Å². The van der Waals surface area contributed by atoms with Gasteiger partial charge in [0.2, 0.25) is 0 Å². The van der Waals surface area contributed by atoms with Gasteiger partial charge in [-0.1, -0.05) is 49.1 Å². The molecular formula is C34H39N3O6. The number of hydrogen-bond donors (Lipinski definition) is 4. The van der Waals surface area contributed by atoms with E-state index in [-0.39, 0.29) is 17.2 Å². The van der Waals surface area contributed by atoms with E-state index in [0.717, 1.165) is 59.9 Å². The monoisotopic (exact) mass is 585 g/mol. The molecule has 9 heteroatoms. The molecule has 4 N–H and O–H groups in total. The van der Waals surface area contributed by atoms with Crippen LogP contribution in [0.25, 0.3) is 11.1 Å². The summed E-state index contributed by atoms with van der Waals surface area (Å²) >= 11 is 0. The number of benzene rings is 3. The van der Waals surface area contributed by atoms with Gasteiger partial charge in [0.15, 0.2) is 11.5 Å². The first-order chi connectivity index (χ1) is 20.5. The molecule has 9 nitrogen and oxygen atoms in total. The summed E-state index contributed by atoms with van der Waals surface area (Å²) in [6.45, 7) is 8.36. The van der Waals surface area contributed by atoms with Crippen LogP contribution in [-0.4, -0.2) is 41.8 Å². The van der Waals surface area contributed by atoms with Gasteiger partial charge < -0.3 is 30.5 Å². The second kappa shape index (κ2) is 12.4. The minimum Gasteiger partial charge on any atom is -0.486 e. The predicted molar refractivity (Wildman–Crippen MR) is 166 cm³/mol. The Bertz CT molecular complexity index is 1540. The fourth-order valence-electron chi connectivity index (χ4n) is 6.21. The highest BCUT2D eigenvalue weighted by Crippen LogP contribution is 2.37. The molecule has 0 aromatic heterocycles. The van der Waals surface area contributed by atoms with Crippen LogP contribution >= 0.6 is 0 Å². The number of carbonyl (C=O) groups excluding carboxylic acids is 2. The molecule has 0 spiro atoms. The number of carboxylic acids is 1. The highest BCUT2D eigenvalue weighted by Gasteiger charge is 2.43. The van der Waals surface area contributed by atoms with E-state index in [1.165, 1.54) is 0 Å². The number of nitrogens with one attached hydrogen (secondary N) is 3. The van der Waals surface area contributed by atoms with Crippen molar-refractivity contribution in [2.45, 2.75) is 65.3 Å². The Hall–Kier alpha value is -4.53. The van der Waals surface area contributed by atoms with Gasteiger partial charge in [0.25, 0.3) is 5.91 Å². The number of carboxylic acid groups (broad SMARTS) is 1.